The second-order valence-corrected chi connectivity index (χ2v) is 2.97. The third kappa shape index (κ3) is 2.75. The van der Waals surface area contributed by atoms with Gasteiger partial charge >= 0.3 is 0 Å². The van der Waals surface area contributed by atoms with E-state index in [1.54, 1.807) is 0 Å². The number of ether oxygens (including phenoxy) is 1. The van der Waals surface area contributed by atoms with Crippen molar-refractivity contribution in [2.75, 3.05) is 6.61 Å². The highest BCUT2D eigenvalue weighted by atomic mass is 16.5. The lowest BCUT2D eigenvalue weighted by atomic mass is 10.1. The molecule has 0 aliphatic heterocycles. The maximum absolute atomic E-state index is 8.51. The van der Waals surface area contributed by atoms with E-state index < -0.39 is 0 Å². The van der Waals surface area contributed by atoms with Gasteiger partial charge in [-0.15, -0.1) is 0 Å². The molecule has 0 heterocycles. The second-order valence-electron chi connectivity index (χ2n) is 2.97. The van der Waals surface area contributed by atoms with Crippen LogP contribution < -0.4 is 10.5 Å². The first-order valence-electron chi connectivity index (χ1n) is 4.63. The molecule has 2 N–H and O–H groups in total. The molecule has 3 heteroatoms. The summed E-state index contributed by atoms with van der Waals surface area (Å²) in [4.78, 5) is 0. The lowest BCUT2D eigenvalue weighted by Crippen LogP contribution is -2.09. The first-order valence-corrected chi connectivity index (χ1v) is 4.63. The molecule has 1 aromatic rings. The Bertz CT molecular complexity index is 330. The Hall–Kier alpha value is -1.53. The van der Waals surface area contributed by atoms with Gasteiger partial charge in [-0.25, -0.2) is 0 Å². The average Bonchev–Trinajstić information content (AvgIpc) is 2.19. The highest BCUT2D eigenvalue weighted by molar-refractivity contribution is 5.30. The predicted octanol–water partition coefficient (Wildman–Crippen LogP) is 2.00. The zero-order chi connectivity index (χ0) is 10.4. The van der Waals surface area contributed by atoms with E-state index in [1.807, 2.05) is 31.2 Å². The molecule has 0 unspecified atom stereocenters. The molecular weight excluding hydrogens is 176 g/mol. The van der Waals surface area contributed by atoms with Crippen molar-refractivity contribution in [3.05, 3.63) is 29.8 Å². The van der Waals surface area contributed by atoms with Crippen LogP contribution in [0.25, 0.3) is 0 Å². The van der Waals surface area contributed by atoms with Crippen LogP contribution in [-0.4, -0.2) is 6.61 Å². The van der Waals surface area contributed by atoms with E-state index in [0.29, 0.717) is 13.0 Å². The molecule has 3 nitrogen and oxygen atoms in total. The van der Waals surface area contributed by atoms with Gasteiger partial charge in [-0.3, -0.25) is 0 Å². The summed E-state index contributed by atoms with van der Waals surface area (Å²) >= 11 is 0. The third-order valence-corrected chi connectivity index (χ3v) is 1.91. The Balaban J connectivity index is 2.78. The second kappa shape index (κ2) is 5.25. The van der Waals surface area contributed by atoms with E-state index in [-0.39, 0.29) is 6.04 Å². The molecule has 1 atom stereocenters. The van der Waals surface area contributed by atoms with Crippen LogP contribution in [0.3, 0.4) is 0 Å². The van der Waals surface area contributed by atoms with Gasteiger partial charge in [-0.1, -0.05) is 12.1 Å². The van der Waals surface area contributed by atoms with Crippen molar-refractivity contribution in [3.63, 3.8) is 0 Å². The van der Waals surface area contributed by atoms with Gasteiger partial charge in [0.15, 0.2) is 0 Å². The molecule has 0 aliphatic rings. The molecule has 0 aromatic heterocycles. The fraction of sp³-hybridized carbons (Fsp3) is 0.364. The standard InChI is InChI=1S/C11H14N2O/c1-2-14-10-5-3-4-9(8-10)11(13)6-7-12/h3-5,8,11H,2,6,13H2,1H3/t11-/m0/s1. The minimum absolute atomic E-state index is 0.222. The highest BCUT2D eigenvalue weighted by Crippen LogP contribution is 2.19. The molecule has 0 saturated heterocycles. The molecule has 0 fully saturated rings. The Labute approximate surface area is 84.1 Å². The SMILES string of the molecule is CCOc1cccc([C@@H](N)CC#N)c1. The summed E-state index contributed by atoms with van der Waals surface area (Å²) in [5, 5.41) is 8.51. The monoisotopic (exact) mass is 190 g/mol. The van der Waals surface area contributed by atoms with Crippen molar-refractivity contribution in [2.24, 2.45) is 5.73 Å². The normalized spacial score (nSPS) is 11.8. The summed E-state index contributed by atoms with van der Waals surface area (Å²) in [6.07, 6.45) is 0.329. The maximum Gasteiger partial charge on any atom is 0.119 e. The minimum atomic E-state index is -0.222. The molecule has 74 valence electrons. The number of nitrogens with zero attached hydrogens (tertiary/aromatic N) is 1. The van der Waals surface area contributed by atoms with E-state index in [0.717, 1.165) is 11.3 Å². The number of hydrogen-bond acceptors (Lipinski definition) is 3. The highest BCUT2D eigenvalue weighted by Gasteiger charge is 2.05. The summed E-state index contributed by atoms with van der Waals surface area (Å²) in [7, 11) is 0. The van der Waals surface area contributed by atoms with Crippen LogP contribution in [-0.2, 0) is 0 Å². The van der Waals surface area contributed by atoms with Crippen molar-refractivity contribution < 1.29 is 4.74 Å². The van der Waals surface area contributed by atoms with Gasteiger partial charge in [-0.05, 0) is 24.6 Å². The lowest BCUT2D eigenvalue weighted by molar-refractivity contribution is 0.339. The largest absolute Gasteiger partial charge is 0.494 e. The van der Waals surface area contributed by atoms with Gasteiger partial charge in [0.2, 0.25) is 0 Å². The summed E-state index contributed by atoms with van der Waals surface area (Å²) in [6, 6.07) is 9.38. The van der Waals surface area contributed by atoms with Crippen LogP contribution in [0.15, 0.2) is 24.3 Å². The number of rotatable bonds is 4. The molecule has 0 radical (unpaired) electrons. The summed E-state index contributed by atoms with van der Waals surface area (Å²) in [5.41, 5.74) is 6.73. The zero-order valence-electron chi connectivity index (χ0n) is 8.23. The summed E-state index contributed by atoms with van der Waals surface area (Å²) in [6.45, 7) is 2.57. The van der Waals surface area contributed by atoms with Crippen LogP contribution in [0.2, 0.25) is 0 Å². The molecule has 0 bridgehead atoms. The van der Waals surface area contributed by atoms with E-state index in [2.05, 4.69) is 6.07 Å². The smallest absolute Gasteiger partial charge is 0.119 e. The first kappa shape index (κ1) is 10.6. The van der Waals surface area contributed by atoms with Crippen molar-refractivity contribution in [1.29, 1.82) is 5.26 Å². The van der Waals surface area contributed by atoms with Crippen molar-refractivity contribution in [2.45, 2.75) is 19.4 Å². The number of nitriles is 1. The van der Waals surface area contributed by atoms with E-state index in [4.69, 9.17) is 15.7 Å². The zero-order valence-corrected chi connectivity index (χ0v) is 8.23. The maximum atomic E-state index is 8.51. The van der Waals surface area contributed by atoms with Gasteiger partial charge < -0.3 is 10.5 Å². The first-order chi connectivity index (χ1) is 6.77. The summed E-state index contributed by atoms with van der Waals surface area (Å²) < 4.78 is 5.34. The third-order valence-electron chi connectivity index (χ3n) is 1.91. The van der Waals surface area contributed by atoms with Crippen molar-refractivity contribution in [1.82, 2.24) is 0 Å². The number of benzene rings is 1. The van der Waals surface area contributed by atoms with Gasteiger partial charge in [-0.2, -0.15) is 5.26 Å². The van der Waals surface area contributed by atoms with Gasteiger partial charge in [0, 0.05) is 6.04 Å². The van der Waals surface area contributed by atoms with Crippen LogP contribution >= 0.6 is 0 Å². The fourth-order valence-electron chi connectivity index (χ4n) is 1.22. The van der Waals surface area contributed by atoms with E-state index >= 15 is 0 Å². The lowest BCUT2D eigenvalue weighted by Gasteiger charge is -2.09. The van der Waals surface area contributed by atoms with Crippen LogP contribution in [0.5, 0.6) is 5.75 Å². The van der Waals surface area contributed by atoms with Crippen molar-refractivity contribution in [3.8, 4) is 11.8 Å². The topological polar surface area (TPSA) is 59.0 Å². The molecule has 1 rings (SSSR count). The van der Waals surface area contributed by atoms with E-state index in [1.165, 1.54) is 0 Å². The number of nitrogens with two attached hydrogens (primary N) is 1. The van der Waals surface area contributed by atoms with Gasteiger partial charge in [0.25, 0.3) is 0 Å². The van der Waals surface area contributed by atoms with Crippen LogP contribution in [0.1, 0.15) is 24.9 Å². The van der Waals surface area contributed by atoms with Gasteiger partial charge in [0.1, 0.15) is 5.75 Å². The minimum Gasteiger partial charge on any atom is -0.494 e. The predicted molar refractivity (Wildman–Crippen MR) is 54.8 cm³/mol. The molecule has 14 heavy (non-hydrogen) atoms. The molecule has 0 saturated carbocycles. The van der Waals surface area contributed by atoms with E-state index in [9.17, 15) is 0 Å². The number of hydrogen-bond donors (Lipinski definition) is 1. The van der Waals surface area contributed by atoms with Crippen LogP contribution in [0.4, 0.5) is 0 Å². The summed E-state index contributed by atoms with van der Waals surface area (Å²) in [5.74, 6) is 0.804. The molecule has 1 aromatic carbocycles. The Morgan fingerprint density at radius 1 is 1.57 bits per heavy atom. The fourth-order valence-corrected chi connectivity index (χ4v) is 1.22. The van der Waals surface area contributed by atoms with Crippen LogP contribution in [0, 0.1) is 11.3 Å². The quantitative estimate of drug-likeness (QED) is 0.789. The Morgan fingerprint density at radius 3 is 3.00 bits per heavy atom. The molecule has 0 spiro atoms. The Kier molecular flexibility index (Phi) is 3.96. The van der Waals surface area contributed by atoms with Crippen molar-refractivity contribution >= 4 is 0 Å². The van der Waals surface area contributed by atoms with Gasteiger partial charge in [0.05, 0.1) is 19.1 Å². The average molecular weight is 190 g/mol. The molecule has 0 aliphatic carbocycles. The Morgan fingerprint density at radius 2 is 2.36 bits per heavy atom. The molecule has 0 amide bonds. The molecular formula is C11H14N2O.